The average molecular weight is 302 g/mol. The average Bonchev–Trinajstić information content (AvgIpc) is 2.50. The molecule has 0 N–H and O–H groups in total. The number of para-hydroxylation sites is 1. The topological polar surface area (TPSA) is 12.5 Å². The summed E-state index contributed by atoms with van der Waals surface area (Å²) in [6, 6.07) is 15.9. The van der Waals surface area contributed by atoms with Crippen LogP contribution < -0.4 is 4.74 Å². The van der Waals surface area contributed by atoms with Crippen LogP contribution in [-0.2, 0) is 0 Å². The number of rotatable bonds is 3. The Bertz CT molecular complexity index is 591. The lowest BCUT2D eigenvalue weighted by Crippen LogP contribution is -2.29. The second-order valence-corrected chi connectivity index (χ2v) is 6.11. The molecule has 1 aliphatic rings. The van der Waals surface area contributed by atoms with Crippen molar-refractivity contribution in [2.45, 2.75) is 18.8 Å². The summed E-state index contributed by atoms with van der Waals surface area (Å²) in [4.78, 5) is 2.38. The Labute approximate surface area is 131 Å². The van der Waals surface area contributed by atoms with Crippen LogP contribution in [0.25, 0.3) is 0 Å². The van der Waals surface area contributed by atoms with Crippen molar-refractivity contribution in [1.82, 2.24) is 4.90 Å². The van der Waals surface area contributed by atoms with Gasteiger partial charge in [-0.3, -0.25) is 0 Å². The van der Waals surface area contributed by atoms with E-state index in [1.165, 1.54) is 18.4 Å². The van der Waals surface area contributed by atoms with Gasteiger partial charge in [-0.15, -0.1) is 0 Å². The van der Waals surface area contributed by atoms with Crippen LogP contribution in [0.5, 0.6) is 11.5 Å². The fourth-order valence-electron chi connectivity index (χ4n) is 2.87. The molecule has 2 aromatic rings. The first kappa shape index (κ1) is 14.4. The van der Waals surface area contributed by atoms with Gasteiger partial charge in [-0.1, -0.05) is 35.9 Å². The van der Waals surface area contributed by atoms with E-state index in [0.717, 1.165) is 29.6 Å². The first-order valence-electron chi connectivity index (χ1n) is 7.43. The molecule has 3 rings (SSSR count). The number of likely N-dealkylation sites (tertiary alicyclic amines) is 1. The molecule has 2 aromatic carbocycles. The van der Waals surface area contributed by atoms with E-state index in [0.29, 0.717) is 5.92 Å². The Morgan fingerprint density at radius 3 is 2.48 bits per heavy atom. The third-order valence-electron chi connectivity index (χ3n) is 4.11. The molecule has 1 saturated heterocycles. The maximum absolute atomic E-state index is 6.16. The summed E-state index contributed by atoms with van der Waals surface area (Å²) in [6.45, 7) is 2.27. The van der Waals surface area contributed by atoms with Gasteiger partial charge in [-0.25, -0.2) is 0 Å². The van der Waals surface area contributed by atoms with E-state index in [4.69, 9.17) is 16.3 Å². The Morgan fingerprint density at radius 2 is 1.76 bits per heavy atom. The van der Waals surface area contributed by atoms with Crippen LogP contribution in [0.3, 0.4) is 0 Å². The molecular weight excluding hydrogens is 282 g/mol. The number of nitrogens with zero attached hydrogens (tertiary/aromatic N) is 1. The van der Waals surface area contributed by atoms with Crippen LogP contribution in [0.2, 0.25) is 5.02 Å². The quantitative estimate of drug-likeness (QED) is 0.796. The van der Waals surface area contributed by atoms with Gasteiger partial charge >= 0.3 is 0 Å². The first-order chi connectivity index (χ1) is 10.2. The minimum absolute atomic E-state index is 0.553. The summed E-state index contributed by atoms with van der Waals surface area (Å²) in [6.07, 6.45) is 2.34. The van der Waals surface area contributed by atoms with Crippen molar-refractivity contribution >= 4 is 11.6 Å². The van der Waals surface area contributed by atoms with Gasteiger partial charge in [0.1, 0.15) is 11.5 Å². The fraction of sp³-hybridized carbons (Fsp3) is 0.333. The molecule has 0 aliphatic carbocycles. The van der Waals surface area contributed by atoms with Crippen LogP contribution in [0, 0.1) is 0 Å². The molecule has 0 bridgehead atoms. The molecule has 110 valence electrons. The molecule has 3 heteroatoms. The standard InChI is InChI=1S/C18H20ClNO/c1-20-11-9-14(10-12-20)17-8-7-15(19)13-18(17)21-16-5-3-2-4-6-16/h2-8,13-14H,9-12H2,1H3. The number of halogens is 1. The van der Waals surface area contributed by atoms with E-state index in [1.54, 1.807) is 0 Å². The highest BCUT2D eigenvalue weighted by Crippen LogP contribution is 2.37. The first-order valence-corrected chi connectivity index (χ1v) is 7.81. The second kappa shape index (κ2) is 6.50. The predicted molar refractivity (Wildman–Crippen MR) is 87.4 cm³/mol. The second-order valence-electron chi connectivity index (χ2n) is 5.67. The molecule has 0 atom stereocenters. The normalized spacial score (nSPS) is 16.9. The van der Waals surface area contributed by atoms with Gasteiger partial charge in [-0.2, -0.15) is 0 Å². The van der Waals surface area contributed by atoms with Crippen molar-refractivity contribution in [3.05, 3.63) is 59.1 Å². The van der Waals surface area contributed by atoms with Gasteiger partial charge < -0.3 is 9.64 Å². The minimum Gasteiger partial charge on any atom is -0.457 e. The van der Waals surface area contributed by atoms with Crippen molar-refractivity contribution in [2.24, 2.45) is 0 Å². The molecule has 1 aliphatic heterocycles. The van der Waals surface area contributed by atoms with E-state index in [-0.39, 0.29) is 0 Å². The van der Waals surface area contributed by atoms with E-state index < -0.39 is 0 Å². The van der Waals surface area contributed by atoms with E-state index in [9.17, 15) is 0 Å². The molecule has 0 radical (unpaired) electrons. The predicted octanol–water partition coefficient (Wildman–Crippen LogP) is 4.94. The summed E-state index contributed by atoms with van der Waals surface area (Å²) in [5.74, 6) is 2.30. The van der Waals surface area contributed by atoms with Crippen LogP contribution in [0.1, 0.15) is 24.3 Å². The van der Waals surface area contributed by atoms with Crippen molar-refractivity contribution in [3.63, 3.8) is 0 Å². The SMILES string of the molecule is CN1CCC(c2ccc(Cl)cc2Oc2ccccc2)CC1. The largest absolute Gasteiger partial charge is 0.457 e. The molecular formula is C18H20ClNO. The Kier molecular flexibility index (Phi) is 4.47. The Hall–Kier alpha value is -1.51. The lowest BCUT2D eigenvalue weighted by atomic mass is 9.89. The van der Waals surface area contributed by atoms with E-state index in [2.05, 4.69) is 18.0 Å². The Morgan fingerprint density at radius 1 is 1.05 bits per heavy atom. The third-order valence-corrected chi connectivity index (χ3v) is 4.34. The molecule has 0 spiro atoms. The van der Waals surface area contributed by atoms with Crippen molar-refractivity contribution < 1.29 is 4.74 Å². The molecule has 1 heterocycles. The molecule has 0 amide bonds. The maximum atomic E-state index is 6.16. The fourth-order valence-corrected chi connectivity index (χ4v) is 3.03. The zero-order valence-electron chi connectivity index (χ0n) is 12.3. The lowest BCUT2D eigenvalue weighted by Gasteiger charge is -2.30. The third kappa shape index (κ3) is 3.58. The zero-order chi connectivity index (χ0) is 14.7. The van der Waals surface area contributed by atoms with Crippen LogP contribution >= 0.6 is 11.6 Å². The number of benzene rings is 2. The van der Waals surface area contributed by atoms with E-state index in [1.807, 2.05) is 42.5 Å². The molecule has 0 saturated carbocycles. The van der Waals surface area contributed by atoms with Crippen molar-refractivity contribution in [2.75, 3.05) is 20.1 Å². The van der Waals surface area contributed by atoms with Crippen LogP contribution in [0.4, 0.5) is 0 Å². The highest BCUT2D eigenvalue weighted by Gasteiger charge is 2.21. The van der Waals surface area contributed by atoms with Gasteiger partial charge in [0, 0.05) is 5.02 Å². The van der Waals surface area contributed by atoms with Crippen LogP contribution in [0.15, 0.2) is 48.5 Å². The smallest absolute Gasteiger partial charge is 0.132 e. The molecule has 21 heavy (non-hydrogen) atoms. The van der Waals surface area contributed by atoms with Gasteiger partial charge in [0.2, 0.25) is 0 Å². The number of ether oxygens (including phenoxy) is 1. The maximum Gasteiger partial charge on any atom is 0.132 e. The van der Waals surface area contributed by atoms with Gasteiger partial charge in [0.25, 0.3) is 0 Å². The molecule has 1 fully saturated rings. The molecule has 2 nitrogen and oxygen atoms in total. The molecule has 0 aromatic heterocycles. The van der Waals surface area contributed by atoms with E-state index >= 15 is 0 Å². The summed E-state index contributed by atoms with van der Waals surface area (Å²) < 4.78 is 6.07. The Balaban J connectivity index is 1.86. The van der Waals surface area contributed by atoms with Crippen molar-refractivity contribution in [1.29, 1.82) is 0 Å². The molecule has 0 unspecified atom stereocenters. The highest BCUT2D eigenvalue weighted by atomic mass is 35.5. The lowest BCUT2D eigenvalue weighted by molar-refractivity contribution is 0.253. The van der Waals surface area contributed by atoms with Gasteiger partial charge in [0.15, 0.2) is 0 Å². The summed E-state index contributed by atoms with van der Waals surface area (Å²) in [5.41, 5.74) is 1.27. The minimum atomic E-state index is 0.553. The summed E-state index contributed by atoms with van der Waals surface area (Å²) >= 11 is 6.16. The monoisotopic (exact) mass is 301 g/mol. The van der Waals surface area contributed by atoms with Crippen molar-refractivity contribution in [3.8, 4) is 11.5 Å². The van der Waals surface area contributed by atoms with Gasteiger partial charge in [-0.05, 0) is 68.7 Å². The van der Waals surface area contributed by atoms with Gasteiger partial charge in [0.05, 0.1) is 0 Å². The number of piperidine rings is 1. The summed E-state index contributed by atoms with van der Waals surface area (Å²) in [5, 5.41) is 0.720. The highest BCUT2D eigenvalue weighted by molar-refractivity contribution is 6.30. The zero-order valence-corrected chi connectivity index (χ0v) is 13.0. The number of hydrogen-bond donors (Lipinski definition) is 0. The summed E-state index contributed by atoms with van der Waals surface area (Å²) in [7, 11) is 2.18. The van der Waals surface area contributed by atoms with Crippen LogP contribution in [-0.4, -0.2) is 25.0 Å². The number of hydrogen-bond acceptors (Lipinski definition) is 2.